The Balaban J connectivity index is 1.80. The zero-order valence-corrected chi connectivity index (χ0v) is 14.1. The molecule has 10 heteroatoms. The van der Waals surface area contributed by atoms with Crippen molar-refractivity contribution in [3.05, 3.63) is 42.0 Å². The highest BCUT2D eigenvalue weighted by Gasteiger charge is 2.46. The Morgan fingerprint density at radius 2 is 1.92 bits per heavy atom. The van der Waals surface area contributed by atoms with Crippen LogP contribution in [0.15, 0.2) is 36.4 Å². The van der Waals surface area contributed by atoms with E-state index in [1.165, 1.54) is 0 Å². The maximum Gasteiger partial charge on any atom is 0.410 e. The van der Waals surface area contributed by atoms with Gasteiger partial charge in [0.25, 0.3) is 0 Å². The third kappa shape index (κ3) is 3.76. The number of amides is 1. The third-order valence-corrected chi connectivity index (χ3v) is 4.63. The minimum absolute atomic E-state index is 0.0593. The number of hydrogen-bond acceptors (Lipinski definition) is 6. The van der Waals surface area contributed by atoms with Crippen LogP contribution in [0.1, 0.15) is 5.56 Å². The topological polar surface area (TPSA) is 108 Å². The first-order valence-corrected chi connectivity index (χ1v) is 8.97. The molecule has 1 atom stereocenters. The van der Waals surface area contributed by atoms with Crippen molar-refractivity contribution in [3.63, 3.8) is 0 Å². The maximum atomic E-state index is 13.2. The van der Waals surface area contributed by atoms with E-state index in [0.717, 1.165) is 0 Å². The van der Waals surface area contributed by atoms with Crippen LogP contribution in [0.2, 0.25) is 0 Å². The number of fused-ring (bicyclic) bond motifs is 1. The van der Waals surface area contributed by atoms with Crippen molar-refractivity contribution >= 4 is 26.8 Å². The zero-order chi connectivity index (χ0) is 18.9. The van der Waals surface area contributed by atoms with E-state index in [1.807, 2.05) is 0 Å². The van der Waals surface area contributed by atoms with Gasteiger partial charge < -0.3 is 19.3 Å². The molecule has 1 heterocycles. The molecule has 1 unspecified atom stereocenters. The standard InChI is InChI=1S/C16H15F2NO6S/c17-16(18,26(21,22)23)15(20)19-7-10-3-1-5-13-12(10)4-2-6-14(13)25-9-11-8-24-11/h1-6,11H,7-9H2,(H,19,20)(H,21,22,23)/p-1. The largest absolute Gasteiger partial charge is 0.743 e. The van der Waals surface area contributed by atoms with Crippen molar-refractivity contribution in [2.45, 2.75) is 17.9 Å². The molecule has 1 aliphatic heterocycles. The van der Waals surface area contributed by atoms with Gasteiger partial charge in [0.1, 0.15) is 18.5 Å². The molecule has 0 aromatic heterocycles. The number of hydrogen-bond donors (Lipinski definition) is 1. The van der Waals surface area contributed by atoms with E-state index >= 15 is 0 Å². The normalized spacial score (nSPS) is 17.1. The molecule has 1 fully saturated rings. The molecular formula is C16H14F2NO6S-. The van der Waals surface area contributed by atoms with E-state index < -0.39 is 21.3 Å². The SMILES string of the molecule is O=C(NCc1cccc2c(OCC3CO3)cccc12)C(F)(F)S(=O)(=O)[O-]. The lowest BCUT2D eigenvalue weighted by molar-refractivity contribution is -0.136. The fraction of sp³-hybridized carbons (Fsp3) is 0.312. The van der Waals surface area contributed by atoms with Crippen LogP contribution in [-0.4, -0.2) is 43.5 Å². The molecule has 2 aromatic carbocycles. The molecule has 3 rings (SSSR count). The highest BCUT2D eigenvalue weighted by molar-refractivity contribution is 7.87. The van der Waals surface area contributed by atoms with Gasteiger partial charge in [-0.2, -0.15) is 8.78 Å². The van der Waals surface area contributed by atoms with Crippen LogP contribution in [0.4, 0.5) is 8.78 Å². The fourth-order valence-corrected chi connectivity index (χ4v) is 2.66. The van der Waals surface area contributed by atoms with Crippen LogP contribution < -0.4 is 10.1 Å². The van der Waals surface area contributed by atoms with Crippen LogP contribution >= 0.6 is 0 Å². The van der Waals surface area contributed by atoms with Crippen molar-refractivity contribution in [2.75, 3.05) is 13.2 Å². The summed E-state index contributed by atoms with van der Waals surface area (Å²) in [5, 5.41) is -1.91. The second-order valence-corrected chi connectivity index (χ2v) is 7.11. The second kappa shape index (κ2) is 6.78. The lowest BCUT2D eigenvalue weighted by Gasteiger charge is -2.19. The minimum atomic E-state index is -6.09. The molecule has 140 valence electrons. The Labute approximate surface area is 147 Å². The van der Waals surface area contributed by atoms with Gasteiger partial charge in [0.2, 0.25) is 0 Å². The first-order valence-electron chi connectivity index (χ1n) is 7.57. The Morgan fingerprint density at radius 1 is 1.27 bits per heavy atom. The number of rotatable bonds is 7. The van der Waals surface area contributed by atoms with Crippen LogP contribution in [0.25, 0.3) is 10.8 Å². The number of nitrogens with one attached hydrogen (secondary N) is 1. The predicted molar refractivity (Wildman–Crippen MR) is 85.7 cm³/mol. The van der Waals surface area contributed by atoms with Gasteiger partial charge in [0, 0.05) is 11.9 Å². The van der Waals surface area contributed by atoms with Crippen molar-refractivity contribution in [2.24, 2.45) is 0 Å². The van der Waals surface area contributed by atoms with Crippen LogP contribution in [0.3, 0.4) is 0 Å². The number of halogens is 2. The monoisotopic (exact) mass is 386 g/mol. The Morgan fingerprint density at radius 3 is 2.58 bits per heavy atom. The first kappa shape index (κ1) is 18.5. The van der Waals surface area contributed by atoms with Gasteiger partial charge in [-0.05, 0) is 17.0 Å². The minimum Gasteiger partial charge on any atom is -0.743 e. The molecule has 1 aliphatic rings. The van der Waals surface area contributed by atoms with E-state index in [1.54, 1.807) is 41.7 Å². The van der Waals surface area contributed by atoms with Crippen LogP contribution in [-0.2, 0) is 26.2 Å². The highest BCUT2D eigenvalue weighted by atomic mass is 32.2. The molecule has 1 saturated heterocycles. The molecule has 1 N–H and O–H groups in total. The van der Waals surface area contributed by atoms with Gasteiger partial charge >= 0.3 is 11.2 Å². The highest BCUT2D eigenvalue weighted by Crippen LogP contribution is 2.29. The Kier molecular flexibility index (Phi) is 4.82. The summed E-state index contributed by atoms with van der Waals surface area (Å²) in [7, 11) is -6.09. The summed E-state index contributed by atoms with van der Waals surface area (Å²) in [5.41, 5.74) is 0.461. The van der Waals surface area contributed by atoms with Gasteiger partial charge in [-0.25, -0.2) is 8.42 Å². The van der Waals surface area contributed by atoms with Gasteiger partial charge in [-0.1, -0.05) is 30.3 Å². The molecule has 7 nitrogen and oxygen atoms in total. The average molecular weight is 386 g/mol. The molecule has 26 heavy (non-hydrogen) atoms. The fourth-order valence-electron chi connectivity index (χ4n) is 2.37. The number of ether oxygens (including phenoxy) is 2. The first-order chi connectivity index (χ1) is 12.2. The Bertz CT molecular complexity index is 943. The van der Waals surface area contributed by atoms with Crippen molar-refractivity contribution in [3.8, 4) is 5.75 Å². The number of carbonyl (C=O) groups excluding carboxylic acids is 1. The summed E-state index contributed by atoms with van der Waals surface area (Å²) >= 11 is 0. The molecule has 0 saturated carbocycles. The number of carbonyl (C=O) groups is 1. The van der Waals surface area contributed by atoms with Crippen molar-refractivity contribution in [1.29, 1.82) is 0 Å². The van der Waals surface area contributed by atoms with E-state index in [9.17, 15) is 26.5 Å². The van der Waals surface area contributed by atoms with Gasteiger partial charge in [0.05, 0.1) is 6.61 Å². The maximum absolute atomic E-state index is 13.2. The van der Waals surface area contributed by atoms with Gasteiger partial charge in [-0.15, -0.1) is 0 Å². The smallest absolute Gasteiger partial charge is 0.410 e. The molecule has 0 radical (unpaired) electrons. The van der Waals surface area contributed by atoms with Crippen molar-refractivity contribution in [1.82, 2.24) is 5.32 Å². The predicted octanol–water partition coefficient (Wildman–Crippen LogP) is 1.37. The summed E-state index contributed by atoms with van der Waals surface area (Å²) in [4.78, 5) is 11.4. The van der Waals surface area contributed by atoms with E-state index in [0.29, 0.717) is 35.3 Å². The van der Waals surface area contributed by atoms with E-state index in [-0.39, 0.29) is 12.6 Å². The van der Waals surface area contributed by atoms with E-state index in [2.05, 4.69) is 0 Å². The second-order valence-electron chi connectivity index (χ2n) is 5.69. The van der Waals surface area contributed by atoms with E-state index in [4.69, 9.17) is 9.47 Å². The number of epoxide rings is 1. The molecule has 0 bridgehead atoms. The zero-order valence-electron chi connectivity index (χ0n) is 13.3. The molecule has 2 aromatic rings. The molecule has 0 spiro atoms. The molecule has 1 amide bonds. The van der Waals surface area contributed by atoms with Crippen LogP contribution in [0, 0.1) is 0 Å². The van der Waals surface area contributed by atoms with Crippen molar-refractivity contribution < 1.29 is 36.0 Å². The average Bonchev–Trinajstić information content (AvgIpc) is 3.41. The molecule has 0 aliphatic carbocycles. The lowest BCUT2D eigenvalue weighted by atomic mass is 10.0. The summed E-state index contributed by atoms with van der Waals surface area (Å²) in [6, 6.07) is 10.1. The summed E-state index contributed by atoms with van der Waals surface area (Å²) in [5.74, 6) is -1.60. The lowest BCUT2D eigenvalue weighted by Crippen LogP contribution is -2.45. The third-order valence-electron chi connectivity index (χ3n) is 3.82. The summed E-state index contributed by atoms with van der Waals surface area (Å²) in [6.45, 7) is 0.642. The summed E-state index contributed by atoms with van der Waals surface area (Å²) in [6.07, 6.45) is 0.0593. The number of alkyl halides is 2. The van der Waals surface area contributed by atoms with Gasteiger partial charge in [0.15, 0.2) is 10.1 Å². The molecular weight excluding hydrogens is 372 g/mol. The number of benzene rings is 2. The quantitative estimate of drug-likeness (QED) is 0.569. The van der Waals surface area contributed by atoms with Crippen LogP contribution in [0.5, 0.6) is 5.75 Å². The van der Waals surface area contributed by atoms with Gasteiger partial charge in [-0.3, -0.25) is 4.79 Å². The Hall–Kier alpha value is -2.30. The summed E-state index contributed by atoms with van der Waals surface area (Å²) < 4.78 is 68.7.